The number of halogens is 1. The van der Waals surface area contributed by atoms with Gasteiger partial charge in [-0.15, -0.1) is 6.42 Å². The van der Waals surface area contributed by atoms with Crippen molar-refractivity contribution in [1.82, 2.24) is 24.6 Å². The third kappa shape index (κ3) is 6.58. The van der Waals surface area contributed by atoms with E-state index in [1.807, 2.05) is 5.92 Å². The third-order valence-corrected chi connectivity index (χ3v) is 8.35. The number of fused-ring (bicyclic) bond motifs is 1. The van der Waals surface area contributed by atoms with Crippen molar-refractivity contribution in [3.63, 3.8) is 0 Å². The van der Waals surface area contributed by atoms with Crippen LogP contribution in [0.5, 0.6) is 5.75 Å². The van der Waals surface area contributed by atoms with Crippen molar-refractivity contribution >= 4 is 36.6 Å². The fourth-order valence-electron chi connectivity index (χ4n) is 4.44. The summed E-state index contributed by atoms with van der Waals surface area (Å²) in [6.45, 7) is 4.10. The van der Waals surface area contributed by atoms with Crippen molar-refractivity contribution in [2.75, 3.05) is 17.7 Å². The van der Waals surface area contributed by atoms with Crippen LogP contribution in [0.4, 0.5) is 16.2 Å². The van der Waals surface area contributed by atoms with Gasteiger partial charge in [-0.1, -0.05) is 24.1 Å². The highest BCUT2D eigenvalue weighted by Gasteiger charge is 2.58. The quantitative estimate of drug-likeness (QED) is 0.132. The minimum absolute atomic E-state index is 0.0869. The Labute approximate surface area is 247 Å². The van der Waals surface area contributed by atoms with Crippen molar-refractivity contribution in [2.45, 2.75) is 75.9 Å². The van der Waals surface area contributed by atoms with Gasteiger partial charge in [0.1, 0.15) is 24.0 Å². The maximum Gasteiger partial charge on any atom is 0.459 e. The predicted molar refractivity (Wildman–Crippen MR) is 153 cm³/mol. The minimum atomic E-state index is -4.34. The van der Waals surface area contributed by atoms with E-state index in [4.69, 9.17) is 30.7 Å². The molecule has 2 aromatic heterocycles. The number of carbonyl (C=O) groups is 1. The lowest BCUT2D eigenvalue weighted by Crippen LogP contribution is -2.42. The predicted octanol–water partition coefficient (Wildman–Crippen LogP) is 2.72. The van der Waals surface area contributed by atoms with Gasteiger partial charge >= 0.3 is 13.7 Å². The van der Waals surface area contributed by atoms with Gasteiger partial charge in [0.25, 0.3) is 0 Å². The number of para-hydroxylation sites is 1. The van der Waals surface area contributed by atoms with E-state index in [1.165, 1.54) is 30.0 Å². The zero-order valence-electron chi connectivity index (χ0n) is 23.7. The molecule has 3 heterocycles. The number of nitrogens with one attached hydrogen (secondary N) is 2. The number of alkyl halides is 1. The van der Waals surface area contributed by atoms with E-state index in [9.17, 15) is 14.5 Å². The summed E-state index contributed by atoms with van der Waals surface area (Å²) in [5.41, 5.74) is 3.58. The molecule has 1 aromatic carbocycles. The first kappa shape index (κ1) is 30.7. The number of benzene rings is 1. The van der Waals surface area contributed by atoms with Crippen LogP contribution in [0.15, 0.2) is 36.7 Å². The zero-order valence-corrected chi connectivity index (χ0v) is 24.6. The van der Waals surface area contributed by atoms with Crippen LogP contribution in [0.25, 0.3) is 11.2 Å². The van der Waals surface area contributed by atoms with Crippen LogP contribution in [0, 0.1) is 12.3 Å². The third-order valence-electron chi connectivity index (χ3n) is 6.71. The second-order valence-electron chi connectivity index (χ2n) is 10.6. The molecule has 3 aromatic rings. The molecule has 2 fully saturated rings. The zero-order chi connectivity index (χ0) is 30.9. The molecule has 0 bridgehead atoms. The highest BCUT2D eigenvalue weighted by molar-refractivity contribution is 7.52. The van der Waals surface area contributed by atoms with Gasteiger partial charge in [-0.2, -0.15) is 15.1 Å². The van der Waals surface area contributed by atoms with Gasteiger partial charge in [0, 0.05) is 6.04 Å². The molecule has 230 valence electrons. The molecule has 5 rings (SSSR count). The number of hydrogen-bond donors (Lipinski definition) is 4. The van der Waals surface area contributed by atoms with Gasteiger partial charge in [-0.3, -0.25) is 13.9 Å². The lowest BCUT2D eigenvalue weighted by Gasteiger charge is -2.25. The standard InChI is InChI=1S/C27H33FN7O7P/c1-5-27(28)21(36)19(41-25(27)35-14-30-20-22(31-17-11-12-17)32-26(29)33-23(20)35)13-39-43(38,42-18-9-7-6-8-10-18)34-16(4)24(37)40-15(2)3/h1,6-10,14-17,19,21,25,36H,11-13H2,2-4H3,(H,34,38)(H3,29,31,32,33)/t16?,19-,21-,25-,27-,43-/m1/s1. The van der Waals surface area contributed by atoms with Gasteiger partial charge in [0.15, 0.2) is 23.2 Å². The Hall–Kier alpha value is -3.80. The number of imidazole rings is 1. The summed E-state index contributed by atoms with van der Waals surface area (Å²) >= 11 is 0. The SMILES string of the molecule is C#C[C@@]1(F)[C@H](O)[C@@H](CO[P@](=O)(NC(C)C(=O)OC(C)C)Oc2ccccc2)O[C@H]1n1cnc2c(NC3CC3)nc(N)nc21. The van der Waals surface area contributed by atoms with E-state index in [-0.39, 0.29) is 23.4 Å². The van der Waals surface area contributed by atoms with Crippen molar-refractivity contribution in [3.8, 4) is 18.1 Å². The van der Waals surface area contributed by atoms with Gasteiger partial charge in [-0.05, 0) is 45.7 Å². The molecule has 1 aliphatic carbocycles. The van der Waals surface area contributed by atoms with Gasteiger partial charge in [0.05, 0.1) is 19.0 Å². The Kier molecular flexibility index (Phi) is 8.60. The monoisotopic (exact) mass is 617 g/mol. The molecule has 6 atom stereocenters. The molecule has 1 unspecified atom stereocenters. The number of nitrogens with zero attached hydrogens (tertiary/aromatic N) is 4. The minimum Gasteiger partial charge on any atom is -0.462 e. The fourth-order valence-corrected chi connectivity index (χ4v) is 5.95. The number of carbonyl (C=O) groups excluding carboxylic acids is 1. The molecule has 0 spiro atoms. The summed E-state index contributed by atoms with van der Waals surface area (Å²) in [5, 5.41) is 16.7. The average molecular weight is 618 g/mol. The first-order valence-electron chi connectivity index (χ1n) is 13.7. The first-order valence-corrected chi connectivity index (χ1v) is 15.2. The lowest BCUT2D eigenvalue weighted by molar-refractivity contribution is -0.149. The number of hydrogen-bond acceptors (Lipinski definition) is 12. The largest absolute Gasteiger partial charge is 0.462 e. The average Bonchev–Trinajstić information content (AvgIpc) is 3.62. The molecular weight excluding hydrogens is 584 g/mol. The van der Waals surface area contributed by atoms with E-state index in [0.29, 0.717) is 11.3 Å². The molecule has 14 nitrogen and oxygen atoms in total. The summed E-state index contributed by atoms with van der Waals surface area (Å²) in [6, 6.07) is 7.17. The number of aliphatic hydroxyl groups excluding tert-OH is 1. The molecule has 0 radical (unpaired) electrons. The Morgan fingerprint density at radius 1 is 1.33 bits per heavy atom. The number of terminal acetylenes is 1. The Morgan fingerprint density at radius 3 is 2.70 bits per heavy atom. The number of aliphatic hydroxyl groups is 1. The van der Waals surface area contributed by atoms with Crippen LogP contribution in [-0.4, -0.2) is 73.3 Å². The Morgan fingerprint density at radius 2 is 2.05 bits per heavy atom. The second kappa shape index (κ2) is 12.1. The van der Waals surface area contributed by atoms with Crippen LogP contribution >= 0.6 is 7.75 Å². The number of anilines is 2. The Balaban J connectivity index is 1.39. The van der Waals surface area contributed by atoms with Crippen LogP contribution < -0.4 is 20.7 Å². The van der Waals surface area contributed by atoms with Gasteiger partial charge in [0.2, 0.25) is 11.6 Å². The molecule has 1 aliphatic heterocycles. The number of nitrogens with two attached hydrogens (primary N) is 1. The summed E-state index contributed by atoms with van der Waals surface area (Å²) in [5.74, 6) is 1.73. The van der Waals surface area contributed by atoms with Crippen LogP contribution in [-0.2, 0) is 23.4 Å². The number of ether oxygens (including phenoxy) is 2. The van der Waals surface area contributed by atoms with Crippen LogP contribution in [0.3, 0.4) is 0 Å². The van der Waals surface area contributed by atoms with E-state index in [2.05, 4.69) is 25.4 Å². The van der Waals surface area contributed by atoms with Crippen molar-refractivity contribution in [3.05, 3.63) is 36.7 Å². The molecule has 1 saturated carbocycles. The number of aromatic nitrogens is 4. The molecule has 0 amide bonds. The summed E-state index contributed by atoms with van der Waals surface area (Å²) in [4.78, 5) is 25.1. The van der Waals surface area contributed by atoms with E-state index >= 15 is 4.39 Å². The van der Waals surface area contributed by atoms with Crippen LogP contribution in [0.1, 0.15) is 39.8 Å². The summed E-state index contributed by atoms with van der Waals surface area (Å²) in [7, 11) is -4.34. The summed E-state index contributed by atoms with van der Waals surface area (Å²) < 4.78 is 53.6. The summed E-state index contributed by atoms with van der Waals surface area (Å²) in [6.07, 6.45) is 3.34. The second-order valence-corrected chi connectivity index (χ2v) is 12.3. The topological polar surface area (TPSA) is 185 Å². The molecule has 16 heteroatoms. The van der Waals surface area contributed by atoms with Gasteiger partial charge < -0.3 is 30.2 Å². The maximum atomic E-state index is 16.3. The van der Waals surface area contributed by atoms with Crippen molar-refractivity contribution in [2.24, 2.45) is 0 Å². The molecule has 2 aliphatic rings. The number of rotatable bonds is 12. The molecule has 1 saturated heterocycles. The van der Waals surface area contributed by atoms with Crippen LogP contribution in [0.2, 0.25) is 0 Å². The van der Waals surface area contributed by atoms with Crippen molar-refractivity contribution < 1.29 is 37.4 Å². The normalized spacial score (nSPS) is 25.7. The van der Waals surface area contributed by atoms with E-state index in [1.54, 1.807) is 32.0 Å². The Bertz CT molecular complexity index is 1560. The fraction of sp³-hybridized carbons (Fsp3) is 0.481. The van der Waals surface area contributed by atoms with E-state index < -0.39 is 56.6 Å². The molecular formula is C27H33FN7O7P. The van der Waals surface area contributed by atoms with Crippen molar-refractivity contribution in [1.29, 1.82) is 0 Å². The highest BCUT2D eigenvalue weighted by Crippen LogP contribution is 2.48. The number of esters is 1. The van der Waals surface area contributed by atoms with E-state index in [0.717, 1.165) is 12.8 Å². The van der Waals surface area contributed by atoms with Gasteiger partial charge in [-0.25, -0.2) is 13.9 Å². The molecule has 43 heavy (non-hydrogen) atoms. The number of nitrogen functional groups attached to an aromatic ring is 1. The first-order chi connectivity index (χ1) is 20.4. The highest BCUT2D eigenvalue weighted by atomic mass is 31.2. The maximum absolute atomic E-state index is 16.3. The smallest absolute Gasteiger partial charge is 0.459 e. The molecule has 5 N–H and O–H groups in total. The lowest BCUT2D eigenvalue weighted by atomic mass is 9.97.